The summed E-state index contributed by atoms with van der Waals surface area (Å²) in [4.78, 5) is 8.90. The molecule has 0 saturated heterocycles. The molecule has 0 amide bonds. The van der Waals surface area contributed by atoms with Crippen molar-refractivity contribution in [1.82, 2.24) is 9.38 Å². The van der Waals surface area contributed by atoms with Crippen LogP contribution in [0.1, 0.15) is 16.7 Å². The SMILES string of the molecule is Cc1c[c-]c(-c2cc(C)c(C)cn2)cc1.[Ir+3].[c-]1c(N2[CH-]N(c3ccccc3)c3ccccc32)ccc2c1c1cccc3c4ccccc4n2c13. The molecular formula is C45H33IrN4. The van der Waals surface area contributed by atoms with Crippen LogP contribution in [0.15, 0.2) is 140 Å². The number of aryl methyl sites for hydroxylation is 3. The van der Waals surface area contributed by atoms with Crippen LogP contribution in [0.4, 0.5) is 22.7 Å². The number of rotatable bonds is 3. The number of hydrogen-bond donors (Lipinski definition) is 0. The first-order valence-corrected chi connectivity index (χ1v) is 16.6. The zero-order valence-corrected chi connectivity index (χ0v) is 30.4. The van der Waals surface area contributed by atoms with Crippen LogP contribution in [0.3, 0.4) is 0 Å². The van der Waals surface area contributed by atoms with Gasteiger partial charge in [0.25, 0.3) is 0 Å². The summed E-state index contributed by atoms with van der Waals surface area (Å²) in [6.07, 6.45) is 1.92. The van der Waals surface area contributed by atoms with Gasteiger partial charge in [-0.1, -0.05) is 96.4 Å². The Balaban J connectivity index is 0.000000191. The molecule has 1 aliphatic heterocycles. The third-order valence-corrected chi connectivity index (χ3v) is 9.66. The number of para-hydroxylation sites is 5. The Bertz CT molecular complexity index is 2620. The smallest absolute Gasteiger partial charge is 0.488 e. The minimum Gasteiger partial charge on any atom is -0.488 e. The van der Waals surface area contributed by atoms with E-state index in [9.17, 15) is 0 Å². The summed E-state index contributed by atoms with van der Waals surface area (Å²) < 4.78 is 2.40. The van der Waals surface area contributed by atoms with E-state index in [0.717, 1.165) is 33.7 Å². The molecular weight excluding hydrogens is 789 g/mol. The van der Waals surface area contributed by atoms with Crippen molar-refractivity contribution in [2.45, 2.75) is 20.8 Å². The van der Waals surface area contributed by atoms with Crippen molar-refractivity contribution >= 4 is 60.8 Å². The zero-order valence-electron chi connectivity index (χ0n) is 28.0. The molecule has 0 aliphatic carbocycles. The van der Waals surface area contributed by atoms with Crippen LogP contribution in [-0.2, 0) is 20.1 Å². The molecule has 50 heavy (non-hydrogen) atoms. The number of aromatic nitrogens is 2. The monoisotopic (exact) mass is 822 g/mol. The number of anilines is 4. The number of pyridine rings is 1. The van der Waals surface area contributed by atoms with Crippen LogP contribution >= 0.6 is 0 Å². The summed E-state index contributed by atoms with van der Waals surface area (Å²) >= 11 is 0. The number of fused-ring (bicyclic) bond motifs is 7. The van der Waals surface area contributed by atoms with Gasteiger partial charge in [-0.3, -0.25) is 0 Å². The van der Waals surface area contributed by atoms with E-state index in [4.69, 9.17) is 0 Å². The summed E-state index contributed by atoms with van der Waals surface area (Å²) in [5, 5.41) is 5.01. The standard InChI is InChI=1S/C31H19N3.C14H14N.Ir/c1-2-9-21(10-3-1)32-20-33(30-16-7-6-15-29(30)32)22-17-18-28-26(19-22)25-13-8-12-24-23-11-4-5-14-27(23)34(28)31(24)25;1-10-4-6-13(7-5-10)14-8-11(2)12(3)9-15-14;/h1-18,20H;4-6,8-9H,1-3H3;/q-2;-1;+3. The Kier molecular flexibility index (Phi) is 8.11. The molecule has 0 saturated carbocycles. The van der Waals surface area contributed by atoms with E-state index in [2.05, 4.69) is 186 Å². The van der Waals surface area contributed by atoms with Crippen molar-refractivity contribution in [1.29, 1.82) is 0 Å². The van der Waals surface area contributed by atoms with Crippen molar-refractivity contribution in [2.75, 3.05) is 9.80 Å². The Hall–Kier alpha value is -5.48. The predicted molar refractivity (Wildman–Crippen MR) is 204 cm³/mol. The quantitative estimate of drug-likeness (QED) is 0.166. The summed E-state index contributed by atoms with van der Waals surface area (Å²) in [5.41, 5.74) is 14.0. The van der Waals surface area contributed by atoms with Crippen molar-refractivity contribution in [3.05, 3.63) is 175 Å². The van der Waals surface area contributed by atoms with Gasteiger partial charge in [0.05, 0.1) is 0 Å². The van der Waals surface area contributed by atoms with E-state index in [1.807, 2.05) is 12.3 Å². The topological polar surface area (TPSA) is 23.8 Å². The molecule has 1 aliphatic rings. The summed E-state index contributed by atoms with van der Waals surface area (Å²) in [5.74, 6) is 0. The van der Waals surface area contributed by atoms with Gasteiger partial charge in [0.15, 0.2) is 0 Å². The van der Waals surface area contributed by atoms with Gasteiger partial charge in [-0.05, 0) is 66.3 Å². The Morgan fingerprint density at radius 3 is 2.12 bits per heavy atom. The van der Waals surface area contributed by atoms with Crippen LogP contribution < -0.4 is 9.80 Å². The van der Waals surface area contributed by atoms with Gasteiger partial charge in [0.1, 0.15) is 0 Å². The largest absolute Gasteiger partial charge is 3.00 e. The van der Waals surface area contributed by atoms with Crippen molar-refractivity contribution in [3.63, 3.8) is 0 Å². The first kappa shape index (κ1) is 31.8. The fourth-order valence-corrected chi connectivity index (χ4v) is 7.01. The minimum atomic E-state index is 0. The van der Waals surface area contributed by atoms with Gasteiger partial charge in [0, 0.05) is 39.7 Å². The van der Waals surface area contributed by atoms with Gasteiger partial charge in [-0.25, -0.2) is 0 Å². The second kappa shape index (κ2) is 12.8. The van der Waals surface area contributed by atoms with Crippen molar-refractivity contribution in [2.24, 2.45) is 0 Å². The normalized spacial score (nSPS) is 12.4. The van der Waals surface area contributed by atoms with E-state index >= 15 is 0 Å². The van der Waals surface area contributed by atoms with E-state index in [1.165, 1.54) is 55.1 Å². The van der Waals surface area contributed by atoms with Gasteiger partial charge >= 0.3 is 20.1 Å². The first-order chi connectivity index (χ1) is 24.0. The fourth-order valence-electron chi connectivity index (χ4n) is 7.01. The van der Waals surface area contributed by atoms with Crippen LogP contribution in [0.25, 0.3) is 49.4 Å². The summed E-state index contributed by atoms with van der Waals surface area (Å²) in [7, 11) is 0. The van der Waals surface area contributed by atoms with E-state index in [0.29, 0.717) is 0 Å². The third-order valence-electron chi connectivity index (χ3n) is 9.66. The molecule has 0 radical (unpaired) electrons. The molecule has 5 heteroatoms. The molecule has 3 aromatic heterocycles. The maximum Gasteiger partial charge on any atom is 3.00 e. The molecule has 4 heterocycles. The Morgan fingerprint density at radius 2 is 1.34 bits per heavy atom. The second-order valence-corrected chi connectivity index (χ2v) is 12.8. The molecule has 0 atom stereocenters. The van der Waals surface area contributed by atoms with Gasteiger partial charge in [0.2, 0.25) is 0 Å². The molecule has 6 aromatic carbocycles. The molecule has 4 nitrogen and oxygen atoms in total. The van der Waals surface area contributed by atoms with Crippen LogP contribution in [-0.4, -0.2) is 9.38 Å². The van der Waals surface area contributed by atoms with Crippen LogP contribution in [0.5, 0.6) is 0 Å². The molecule has 9 aromatic rings. The van der Waals surface area contributed by atoms with Crippen molar-refractivity contribution < 1.29 is 20.1 Å². The van der Waals surface area contributed by atoms with Crippen LogP contribution in [0.2, 0.25) is 0 Å². The predicted octanol–water partition coefficient (Wildman–Crippen LogP) is 11.5. The average Bonchev–Trinajstić information content (AvgIpc) is 3.81. The number of hydrogen-bond acceptors (Lipinski definition) is 3. The van der Waals surface area contributed by atoms with E-state index in [-0.39, 0.29) is 20.1 Å². The number of nitrogens with zero attached hydrogens (tertiary/aromatic N) is 4. The molecule has 0 fully saturated rings. The van der Waals surface area contributed by atoms with E-state index in [1.54, 1.807) is 0 Å². The number of benzene rings is 6. The fraction of sp³-hybridized carbons (Fsp3) is 0.0667. The molecule has 0 N–H and O–H groups in total. The second-order valence-electron chi connectivity index (χ2n) is 12.8. The Labute approximate surface area is 305 Å². The van der Waals surface area contributed by atoms with Crippen molar-refractivity contribution in [3.8, 4) is 11.3 Å². The summed E-state index contributed by atoms with van der Waals surface area (Å²) in [6.45, 7) is 8.41. The average molecular weight is 822 g/mol. The molecule has 0 unspecified atom stereocenters. The molecule has 0 spiro atoms. The minimum absolute atomic E-state index is 0. The third kappa shape index (κ3) is 5.22. The summed E-state index contributed by atoms with van der Waals surface area (Å²) in [6, 6.07) is 54.0. The molecule has 242 valence electrons. The van der Waals surface area contributed by atoms with Gasteiger partial charge in [-0.15, -0.1) is 65.6 Å². The maximum atomic E-state index is 4.41. The maximum absolute atomic E-state index is 4.41. The first-order valence-electron chi connectivity index (χ1n) is 16.6. The van der Waals surface area contributed by atoms with Gasteiger partial charge in [-0.2, -0.15) is 0 Å². The van der Waals surface area contributed by atoms with Gasteiger partial charge < -0.3 is 19.2 Å². The van der Waals surface area contributed by atoms with Crippen LogP contribution in [0, 0.1) is 39.6 Å². The van der Waals surface area contributed by atoms with E-state index < -0.39 is 0 Å². The Morgan fingerprint density at radius 1 is 0.620 bits per heavy atom. The molecule has 0 bridgehead atoms. The zero-order chi connectivity index (χ0) is 33.1. The molecule has 10 rings (SSSR count).